The lowest BCUT2D eigenvalue weighted by Gasteiger charge is -1.99. The highest BCUT2D eigenvalue weighted by molar-refractivity contribution is 8.23. The summed E-state index contributed by atoms with van der Waals surface area (Å²) in [5.41, 5.74) is 0. The molecule has 0 aromatic rings. The molecule has 58 valence electrons. The van der Waals surface area contributed by atoms with Crippen LogP contribution in [0, 0.1) is 6.42 Å². The maximum atomic E-state index is 5.04. The zero-order valence-electron chi connectivity index (χ0n) is 6.29. The van der Waals surface area contributed by atoms with Crippen LogP contribution in [0.4, 0.5) is 0 Å². The van der Waals surface area contributed by atoms with Crippen molar-refractivity contribution in [1.82, 2.24) is 0 Å². The molecule has 0 radical (unpaired) electrons. The third-order valence-electron chi connectivity index (χ3n) is 0.938. The third-order valence-corrected chi connectivity index (χ3v) is 4.47. The van der Waals surface area contributed by atoms with Gasteiger partial charge in [0.05, 0.1) is 0 Å². The maximum absolute atomic E-state index is 5.04. The van der Waals surface area contributed by atoms with E-state index in [2.05, 4.69) is 18.9 Å². The van der Waals surface area contributed by atoms with E-state index in [0.29, 0.717) is 4.58 Å². The average molecular weight is 211 g/mol. The molecule has 0 unspecified atom stereocenters. The van der Waals surface area contributed by atoms with E-state index in [4.69, 9.17) is 12.2 Å². The Morgan fingerprint density at radius 1 is 1.30 bits per heavy atom. The highest BCUT2D eigenvalue weighted by Crippen LogP contribution is 2.23. The Morgan fingerprint density at radius 2 is 1.80 bits per heavy atom. The van der Waals surface area contributed by atoms with Gasteiger partial charge in [-0.05, 0) is 31.0 Å². The van der Waals surface area contributed by atoms with E-state index in [0.717, 1.165) is 4.20 Å². The molecule has 0 saturated heterocycles. The Bertz CT molecular complexity index is 97.9. The second kappa shape index (κ2) is 6.70. The molecule has 0 rings (SSSR count). The minimum Gasteiger partial charge on any atom is -0.102 e. The van der Waals surface area contributed by atoms with E-state index in [-0.39, 0.29) is 0 Å². The first kappa shape index (κ1) is 11.0. The lowest BCUT2D eigenvalue weighted by Crippen LogP contribution is -2.01. The van der Waals surface area contributed by atoms with Gasteiger partial charge in [-0.1, -0.05) is 11.8 Å². The predicted octanol–water partition coefficient (Wildman–Crippen LogP) is 2.93. The van der Waals surface area contributed by atoms with Gasteiger partial charge in [0.1, 0.15) is 0 Å². The zero-order chi connectivity index (χ0) is 7.98. The summed E-state index contributed by atoms with van der Waals surface area (Å²) >= 11 is 10.3. The van der Waals surface area contributed by atoms with Crippen LogP contribution in [0.5, 0.6) is 0 Å². The molecule has 0 aromatic heterocycles. The molecule has 0 aromatic carbocycles. The molecule has 0 saturated carbocycles. The summed E-state index contributed by atoms with van der Waals surface area (Å²) in [6.45, 7) is 0. The smallest absolute Gasteiger partial charge is 0.102 e. The van der Waals surface area contributed by atoms with Gasteiger partial charge in [-0.15, -0.1) is 23.5 Å². The summed E-state index contributed by atoms with van der Waals surface area (Å²) in [5, 5.41) is 0. The fraction of sp³-hybridized carbons (Fsp3) is 0.667. The molecule has 0 aliphatic heterocycles. The Hall–Kier alpha value is 1.01. The van der Waals surface area contributed by atoms with Crippen LogP contribution in [0.2, 0.25) is 0 Å². The van der Waals surface area contributed by atoms with Crippen molar-refractivity contribution >= 4 is 51.7 Å². The van der Waals surface area contributed by atoms with Crippen molar-refractivity contribution in [3.63, 3.8) is 0 Å². The van der Waals surface area contributed by atoms with Crippen molar-refractivity contribution in [2.24, 2.45) is 0 Å². The monoisotopic (exact) mass is 211 g/mol. The maximum Gasteiger partial charge on any atom is 0.229 e. The number of hydrogen-bond acceptors (Lipinski definition) is 4. The van der Waals surface area contributed by atoms with Crippen LogP contribution in [0.1, 0.15) is 0 Å². The molecule has 0 aliphatic rings. The van der Waals surface area contributed by atoms with E-state index in [1.807, 2.05) is 29.8 Å². The van der Waals surface area contributed by atoms with Gasteiger partial charge in [-0.2, -0.15) is 0 Å². The van der Waals surface area contributed by atoms with Crippen LogP contribution in [-0.4, -0.2) is 27.5 Å². The van der Waals surface area contributed by atoms with Crippen molar-refractivity contribution in [2.75, 3.05) is 18.8 Å². The molecule has 0 heterocycles. The Balaban J connectivity index is 3.52. The van der Waals surface area contributed by atoms with Gasteiger partial charge in [-0.3, -0.25) is 0 Å². The number of hydrogen-bond donors (Lipinski definition) is 0. The fourth-order valence-electron chi connectivity index (χ4n) is 0.411. The van der Waals surface area contributed by atoms with E-state index in [1.54, 1.807) is 11.8 Å². The standard InChI is InChI=1S/C6H11S4/c1-8-5(7)4-6(9-2)10-3/h4,6H,1-3H3/q+1. The quantitative estimate of drug-likeness (QED) is 0.398. The van der Waals surface area contributed by atoms with E-state index in [1.165, 1.54) is 0 Å². The molecule has 0 spiro atoms. The summed E-state index contributed by atoms with van der Waals surface area (Å²) in [6, 6.07) is 0. The molecule has 0 N–H and O–H groups in total. The summed E-state index contributed by atoms with van der Waals surface area (Å²) in [4.78, 5) is 0. The van der Waals surface area contributed by atoms with E-state index in [9.17, 15) is 0 Å². The van der Waals surface area contributed by atoms with Gasteiger partial charge in [-0.25, -0.2) is 0 Å². The molecule has 0 aliphatic carbocycles. The lowest BCUT2D eigenvalue weighted by atomic mass is 10.6. The van der Waals surface area contributed by atoms with Crippen molar-refractivity contribution in [2.45, 2.75) is 4.58 Å². The minimum absolute atomic E-state index is 0.528. The Morgan fingerprint density at radius 3 is 2.10 bits per heavy atom. The minimum atomic E-state index is 0.528. The topological polar surface area (TPSA) is 0 Å². The summed E-state index contributed by atoms with van der Waals surface area (Å²) in [7, 11) is 0. The summed E-state index contributed by atoms with van der Waals surface area (Å²) in [6.07, 6.45) is 8.33. The lowest BCUT2D eigenvalue weighted by molar-refractivity contribution is 1.59. The first-order valence-corrected chi connectivity index (χ1v) is 6.94. The van der Waals surface area contributed by atoms with Crippen LogP contribution in [0.3, 0.4) is 0 Å². The molecule has 0 bridgehead atoms. The van der Waals surface area contributed by atoms with Gasteiger partial charge < -0.3 is 0 Å². The van der Waals surface area contributed by atoms with Crippen molar-refractivity contribution in [1.29, 1.82) is 0 Å². The molecule has 0 fully saturated rings. The van der Waals surface area contributed by atoms with Crippen molar-refractivity contribution < 1.29 is 0 Å². The fourth-order valence-corrected chi connectivity index (χ4v) is 2.48. The molecule has 10 heavy (non-hydrogen) atoms. The second-order valence-electron chi connectivity index (χ2n) is 1.53. The molecule has 4 heteroatoms. The Labute approximate surface area is 81.3 Å². The largest absolute Gasteiger partial charge is 0.229 e. The van der Waals surface area contributed by atoms with Crippen LogP contribution in [0.25, 0.3) is 0 Å². The van der Waals surface area contributed by atoms with Crippen molar-refractivity contribution in [3.8, 4) is 0 Å². The SMILES string of the molecule is CSC(=S)[CH+]C(SC)SC. The first-order valence-electron chi connectivity index (χ1n) is 2.73. The van der Waals surface area contributed by atoms with Crippen LogP contribution in [-0.2, 0) is 0 Å². The second-order valence-corrected chi connectivity index (χ2v) is 5.33. The molecular formula is C6H11S4+. The predicted molar refractivity (Wildman–Crippen MR) is 61.2 cm³/mol. The van der Waals surface area contributed by atoms with Crippen LogP contribution in [0.15, 0.2) is 0 Å². The zero-order valence-corrected chi connectivity index (χ0v) is 9.55. The van der Waals surface area contributed by atoms with E-state index >= 15 is 0 Å². The Kier molecular flexibility index (Phi) is 7.38. The first-order chi connectivity index (χ1) is 4.74. The average Bonchev–Trinajstić information content (AvgIpc) is 1.99. The van der Waals surface area contributed by atoms with E-state index < -0.39 is 0 Å². The van der Waals surface area contributed by atoms with Crippen LogP contribution >= 0.6 is 47.5 Å². The van der Waals surface area contributed by atoms with Gasteiger partial charge in [0.2, 0.25) is 4.20 Å². The highest BCUT2D eigenvalue weighted by atomic mass is 32.2. The van der Waals surface area contributed by atoms with Crippen LogP contribution < -0.4 is 0 Å². The molecule has 0 amide bonds. The van der Waals surface area contributed by atoms with Gasteiger partial charge in [0, 0.05) is 0 Å². The summed E-state index contributed by atoms with van der Waals surface area (Å²) < 4.78 is 1.52. The van der Waals surface area contributed by atoms with Gasteiger partial charge in [0.25, 0.3) is 0 Å². The number of thioether (sulfide) groups is 3. The highest BCUT2D eigenvalue weighted by Gasteiger charge is 2.17. The van der Waals surface area contributed by atoms with Gasteiger partial charge in [0.15, 0.2) is 11.0 Å². The van der Waals surface area contributed by atoms with Crippen molar-refractivity contribution in [3.05, 3.63) is 6.42 Å². The molecule has 0 nitrogen and oxygen atoms in total. The normalized spacial score (nSPS) is 10.0. The molecule has 0 atom stereocenters. The number of rotatable bonds is 4. The van der Waals surface area contributed by atoms with Gasteiger partial charge >= 0.3 is 0 Å². The molecular weight excluding hydrogens is 200 g/mol. The third kappa shape index (κ3) is 4.77. The summed E-state index contributed by atoms with van der Waals surface area (Å²) in [5.74, 6) is 0. The number of thiocarbonyl (C=S) groups is 1.